The van der Waals surface area contributed by atoms with E-state index in [0.717, 1.165) is 24.2 Å². The number of benzene rings is 1. The highest BCUT2D eigenvalue weighted by Crippen LogP contribution is 2.71. The maximum absolute atomic E-state index is 16.2. The molecule has 13 nitrogen and oxygen atoms in total. The predicted octanol–water partition coefficient (Wildman–Crippen LogP) is 5.93. The monoisotopic (exact) mass is 857 g/mol. The lowest BCUT2D eigenvalue weighted by atomic mass is 9.44. The Bertz CT molecular complexity index is 2160. The summed E-state index contributed by atoms with van der Waals surface area (Å²) in [6, 6.07) is -0.518. The van der Waals surface area contributed by atoms with Gasteiger partial charge in [0, 0.05) is 93.1 Å². The number of piperazine rings is 1. The first kappa shape index (κ1) is 43.5. The Morgan fingerprint density at radius 3 is 2.26 bits per heavy atom. The molecule has 1 N–H and O–H groups in total. The minimum atomic E-state index is -1.59. The third-order valence-electron chi connectivity index (χ3n) is 16.2. The van der Waals surface area contributed by atoms with Gasteiger partial charge in [0.1, 0.15) is 34.0 Å². The Kier molecular flexibility index (Phi) is 10.4. The molecule has 3 saturated heterocycles. The fourth-order valence-electron chi connectivity index (χ4n) is 13.3. The second kappa shape index (κ2) is 14.9. The summed E-state index contributed by atoms with van der Waals surface area (Å²) in [5.74, 6) is -2.40. The van der Waals surface area contributed by atoms with Crippen LogP contribution < -0.4 is 9.47 Å². The van der Waals surface area contributed by atoms with Crippen LogP contribution in [0.25, 0.3) is 0 Å². The minimum absolute atomic E-state index is 0.0685. The molecule has 4 bridgehead atoms. The number of phenolic OH excluding ortho intramolecular Hbond substituents is 1. The fourth-order valence-corrected chi connectivity index (χ4v) is 13.3. The quantitative estimate of drug-likeness (QED) is 0.206. The second-order valence-electron chi connectivity index (χ2n) is 21.3. The molecule has 1 aromatic carbocycles. The Morgan fingerprint density at radius 1 is 0.903 bits per heavy atom. The molecule has 1 aromatic rings. The van der Waals surface area contributed by atoms with Crippen molar-refractivity contribution in [2.24, 2.45) is 17.8 Å². The van der Waals surface area contributed by atoms with Gasteiger partial charge in [-0.05, 0) is 101 Å². The number of ether oxygens (including phenoxy) is 5. The number of likely N-dealkylation sites (N-methyl/N-ethyl adjacent to an activating group) is 1. The molecule has 0 aromatic heterocycles. The smallest absolute Gasteiger partial charge is 0.303 e. The van der Waals surface area contributed by atoms with Gasteiger partial charge in [-0.25, -0.2) is 0 Å². The van der Waals surface area contributed by atoms with E-state index in [1.165, 1.54) is 6.92 Å². The van der Waals surface area contributed by atoms with E-state index in [4.69, 9.17) is 23.7 Å². The Balaban J connectivity index is 1.25. The van der Waals surface area contributed by atoms with Crippen LogP contribution in [0.3, 0.4) is 0 Å². The van der Waals surface area contributed by atoms with Crippen molar-refractivity contribution in [3.8, 4) is 17.2 Å². The highest BCUT2D eigenvalue weighted by molar-refractivity contribution is 6.10. The van der Waals surface area contributed by atoms with Crippen molar-refractivity contribution >= 4 is 23.4 Å². The molecule has 13 heteroatoms. The summed E-state index contributed by atoms with van der Waals surface area (Å²) in [5, 5.41) is 13.0. The number of morpholine rings is 1. The molecule has 4 aliphatic carbocycles. The van der Waals surface area contributed by atoms with Crippen LogP contribution in [-0.2, 0) is 35.0 Å². The lowest BCUT2D eigenvalue weighted by Gasteiger charge is -2.64. The van der Waals surface area contributed by atoms with E-state index in [1.807, 2.05) is 52.5 Å². The molecule has 4 unspecified atom stereocenters. The maximum Gasteiger partial charge on any atom is 0.303 e. The fraction of sp³-hybridized carbons (Fsp3) is 0.714. The normalized spacial score (nSPS) is 36.3. The first-order valence-electron chi connectivity index (χ1n) is 23.1. The van der Waals surface area contributed by atoms with Gasteiger partial charge in [-0.3, -0.25) is 24.1 Å². The lowest BCUT2D eigenvalue weighted by molar-refractivity contribution is -0.216. The van der Waals surface area contributed by atoms with Crippen LogP contribution in [0.1, 0.15) is 128 Å². The number of nitrogens with zero attached hydrogens (tertiary/aromatic N) is 3. The SMILES string of the molecule is CC(=O)OC1(C)CCC(=C(C)C)C(c2c(O)c3c(c4c2OC(C)(C)CC4)O[C@]24C(C3=O)C(N3CCOCC3)[C@@H]3C[C@H]2C(C)(C)O[C@@]4(C/C=C(/C)C(=O)N2CCN(C)CC2)C3=O)C1. The van der Waals surface area contributed by atoms with Gasteiger partial charge in [0.25, 0.3) is 0 Å². The Morgan fingerprint density at radius 2 is 1.60 bits per heavy atom. The van der Waals surface area contributed by atoms with Crippen molar-refractivity contribution in [1.82, 2.24) is 14.7 Å². The first-order chi connectivity index (χ1) is 29.2. The summed E-state index contributed by atoms with van der Waals surface area (Å²) in [6.45, 7) is 22.2. The summed E-state index contributed by atoms with van der Waals surface area (Å²) in [5.41, 5.74) is -1.22. The zero-order valence-electron chi connectivity index (χ0n) is 38.5. The summed E-state index contributed by atoms with van der Waals surface area (Å²) in [7, 11) is 2.05. The molecule has 8 atom stereocenters. The third-order valence-corrected chi connectivity index (χ3v) is 16.2. The molecular weight excluding hydrogens is 791 g/mol. The molecule has 10 rings (SSSR count). The van der Waals surface area contributed by atoms with Crippen molar-refractivity contribution in [3.63, 3.8) is 0 Å². The van der Waals surface area contributed by atoms with E-state index >= 15 is 9.59 Å². The number of fused-ring (bicyclic) bond motifs is 3. The number of ketones is 2. The van der Waals surface area contributed by atoms with Gasteiger partial charge in [0.2, 0.25) is 5.91 Å². The maximum atomic E-state index is 16.2. The number of esters is 1. The van der Waals surface area contributed by atoms with Gasteiger partial charge in [0.15, 0.2) is 22.8 Å². The van der Waals surface area contributed by atoms with Crippen LogP contribution in [0.5, 0.6) is 17.2 Å². The van der Waals surface area contributed by atoms with E-state index in [9.17, 15) is 14.7 Å². The number of Topliss-reactive ketones (excluding diaryl/α,β-unsaturated/α-hetero) is 2. The average Bonchev–Trinajstić information content (AvgIpc) is 3.35. The Labute approximate surface area is 366 Å². The molecule has 9 aliphatic rings. The van der Waals surface area contributed by atoms with Crippen molar-refractivity contribution < 1.29 is 48.0 Å². The van der Waals surface area contributed by atoms with Crippen LogP contribution in [0.2, 0.25) is 0 Å². The average molecular weight is 858 g/mol. The van der Waals surface area contributed by atoms with Crippen molar-refractivity contribution in [2.75, 3.05) is 59.5 Å². The Hall–Kier alpha value is -3.78. The van der Waals surface area contributed by atoms with Crippen LogP contribution in [0.4, 0.5) is 0 Å². The van der Waals surface area contributed by atoms with Crippen LogP contribution in [-0.4, -0.2) is 137 Å². The van der Waals surface area contributed by atoms with Gasteiger partial charge in [-0.2, -0.15) is 0 Å². The predicted molar refractivity (Wildman–Crippen MR) is 231 cm³/mol. The molecule has 1 amide bonds. The summed E-state index contributed by atoms with van der Waals surface area (Å²) >= 11 is 0. The van der Waals surface area contributed by atoms with Gasteiger partial charge in [0.05, 0.1) is 24.7 Å². The lowest BCUT2D eigenvalue weighted by Crippen LogP contribution is -2.82. The molecule has 4 saturated carbocycles. The third kappa shape index (κ3) is 6.43. The molecule has 0 radical (unpaired) electrons. The number of carbonyl (C=O) groups excluding carboxylic acids is 4. The van der Waals surface area contributed by atoms with Crippen LogP contribution in [0.15, 0.2) is 22.8 Å². The number of hydrogen-bond acceptors (Lipinski definition) is 12. The van der Waals surface area contributed by atoms with Crippen LogP contribution >= 0.6 is 0 Å². The second-order valence-corrected chi connectivity index (χ2v) is 21.3. The van der Waals surface area contributed by atoms with Gasteiger partial charge in [-0.1, -0.05) is 17.2 Å². The zero-order chi connectivity index (χ0) is 44.5. The number of rotatable bonds is 6. The zero-order valence-corrected chi connectivity index (χ0v) is 38.5. The number of allylic oxidation sites excluding steroid dienone is 2. The molecule has 1 spiro atoms. The number of phenols is 1. The van der Waals surface area contributed by atoms with Crippen molar-refractivity contribution in [1.29, 1.82) is 0 Å². The summed E-state index contributed by atoms with van der Waals surface area (Å²) in [6.07, 6.45) is 5.20. The molecule has 338 valence electrons. The number of hydrogen-bond donors (Lipinski definition) is 1. The van der Waals surface area contributed by atoms with E-state index in [2.05, 4.69) is 30.7 Å². The molecule has 7 fully saturated rings. The number of amides is 1. The number of carbonyl (C=O) groups is 4. The highest BCUT2D eigenvalue weighted by atomic mass is 16.6. The molecular formula is C49H67N3O10. The summed E-state index contributed by atoms with van der Waals surface area (Å²) in [4.78, 5) is 64.5. The van der Waals surface area contributed by atoms with Gasteiger partial charge >= 0.3 is 5.97 Å². The van der Waals surface area contributed by atoms with Gasteiger partial charge in [-0.15, -0.1) is 0 Å². The van der Waals surface area contributed by atoms with Crippen LogP contribution in [0, 0.1) is 17.8 Å². The van der Waals surface area contributed by atoms with E-state index in [0.29, 0.717) is 100 Å². The molecule has 5 heterocycles. The van der Waals surface area contributed by atoms with E-state index < -0.39 is 51.8 Å². The minimum Gasteiger partial charge on any atom is -0.507 e. The van der Waals surface area contributed by atoms with E-state index in [-0.39, 0.29) is 52.8 Å². The van der Waals surface area contributed by atoms with Crippen molar-refractivity contribution in [3.05, 3.63) is 39.5 Å². The standard InChI is InChI=1S/C49H67N3O10/c1-27(2)30-13-15-47(9,59-29(4)53)26-33(30)35-39(54)36-40(55)37-38(51-21-23-58-24-22-51)32-25-34-46(7,8)62-48(43(32)56,16-11-28(3)44(57)52-19-17-50(10)18-20-52)49(34,37)61-42(36)31-12-14-45(5,6)60-41(31)35/h11,32-34,37-38,54H,12-26H2,1-10H3/b28-11-/t32-,33?,34-,37?,38?,47?,48-,49-/m0/s1. The topological polar surface area (TPSA) is 144 Å². The molecule has 62 heavy (non-hydrogen) atoms. The van der Waals surface area contributed by atoms with Crippen molar-refractivity contribution in [2.45, 2.75) is 147 Å². The van der Waals surface area contributed by atoms with E-state index in [1.54, 1.807) is 0 Å². The molecule has 5 aliphatic heterocycles. The highest BCUT2D eigenvalue weighted by Gasteiger charge is 2.86. The van der Waals surface area contributed by atoms with Gasteiger partial charge < -0.3 is 38.6 Å². The summed E-state index contributed by atoms with van der Waals surface area (Å²) < 4.78 is 33.7. The number of aromatic hydroxyl groups is 1. The first-order valence-corrected chi connectivity index (χ1v) is 23.1. The largest absolute Gasteiger partial charge is 0.507 e.